The third-order valence-electron chi connectivity index (χ3n) is 2.36. The second kappa shape index (κ2) is 5.77. The third kappa shape index (κ3) is 2.95. The number of hydrogen-bond donors (Lipinski definition) is 0. The summed E-state index contributed by atoms with van der Waals surface area (Å²) in [5.74, 6) is 0.461. The van der Waals surface area contributed by atoms with Crippen LogP contribution in [0, 0.1) is 11.3 Å². The van der Waals surface area contributed by atoms with E-state index in [-0.39, 0.29) is 0 Å². The molecule has 18 heavy (non-hydrogen) atoms. The smallest absolute Gasteiger partial charge is 0.156 e. The molecule has 4 heteroatoms. The van der Waals surface area contributed by atoms with Crippen molar-refractivity contribution in [2.45, 2.75) is 6.61 Å². The van der Waals surface area contributed by atoms with E-state index in [0.717, 1.165) is 5.56 Å². The number of ether oxygens (including phenoxy) is 1. The lowest BCUT2D eigenvalue weighted by molar-refractivity contribution is 0.306. The van der Waals surface area contributed by atoms with Crippen molar-refractivity contribution in [1.29, 1.82) is 5.26 Å². The van der Waals surface area contributed by atoms with E-state index < -0.39 is 0 Å². The molecule has 0 radical (unpaired) electrons. The zero-order valence-corrected chi connectivity index (χ0v) is 10.9. The van der Waals surface area contributed by atoms with Gasteiger partial charge in [0.05, 0.1) is 21.7 Å². The van der Waals surface area contributed by atoms with Gasteiger partial charge in [-0.05, 0) is 29.8 Å². The minimum atomic E-state index is 0.318. The van der Waals surface area contributed by atoms with Crippen molar-refractivity contribution in [3.05, 3.63) is 63.6 Å². The molecule has 0 aliphatic rings. The zero-order chi connectivity index (χ0) is 13.0. The second-order valence-electron chi connectivity index (χ2n) is 3.65. The molecule has 0 fully saturated rings. The second-order valence-corrected chi connectivity index (χ2v) is 4.47. The summed E-state index contributed by atoms with van der Waals surface area (Å²) < 4.78 is 5.58. The molecule has 0 aliphatic heterocycles. The molecule has 0 heterocycles. The molecule has 90 valence electrons. The van der Waals surface area contributed by atoms with Gasteiger partial charge in [-0.25, -0.2) is 0 Å². The number of halogens is 2. The Morgan fingerprint density at radius 2 is 1.72 bits per heavy atom. The van der Waals surface area contributed by atoms with E-state index in [1.165, 1.54) is 0 Å². The van der Waals surface area contributed by atoms with Crippen LogP contribution >= 0.6 is 23.2 Å². The number of nitriles is 1. The van der Waals surface area contributed by atoms with Gasteiger partial charge in [-0.3, -0.25) is 0 Å². The lowest BCUT2D eigenvalue weighted by Crippen LogP contribution is -1.97. The predicted molar refractivity (Wildman–Crippen MR) is 72.0 cm³/mol. The molecule has 2 nitrogen and oxygen atoms in total. The summed E-state index contributed by atoms with van der Waals surface area (Å²) in [5.41, 5.74) is 1.49. The Balaban J connectivity index is 2.14. The van der Waals surface area contributed by atoms with E-state index >= 15 is 0 Å². The number of nitrogens with zero attached hydrogens (tertiary/aromatic N) is 1. The molecule has 2 rings (SSSR count). The van der Waals surface area contributed by atoms with Gasteiger partial charge in [0.1, 0.15) is 6.61 Å². The molecule has 0 aliphatic carbocycles. The van der Waals surface area contributed by atoms with Crippen LogP contribution in [0.1, 0.15) is 11.1 Å². The molecule has 2 aromatic rings. The van der Waals surface area contributed by atoms with Crippen LogP contribution in [0.2, 0.25) is 10.0 Å². The Morgan fingerprint density at radius 1 is 1.06 bits per heavy atom. The largest absolute Gasteiger partial charge is 0.486 e. The van der Waals surface area contributed by atoms with Crippen molar-refractivity contribution in [3.8, 4) is 11.8 Å². The Morgan fingerprint density at radius 3 is 2.39 bits per heavy atom. The van der Waals surface area contributed by atoms with Crippen LogP contribution in [0.4, 0.5) is 0 Å². The van der Waals surface area contributed by atoms with Crippen molar-refractivity contribution in [2.24, 2.45) is 0 Å². The van der Waals surface area contributed by atoms with E-state index in [0.29, 0.717) is 28.0 Å². The monoisotopic (exact) mass is 277 g/mol. The summed E-state index contributed by atoms with van der Waals surface area (Å²) >= 11 is 12.0. The van der Waals surface area contributed by atoms with Gasteiger partial charge in [0.15, 0.2) is 5.75 Å². The molecule has 0 amide bonds. The molecular weight excluding hydrogens is 269 g/mol. The maximum atomic E-state index is 8.80. The van der Waals surface area contributed by atoms with Gasteiger partial charge in [-0.2, -0.15) is 5.26 Å². The summed E-state index contributed by atoms with van der Waals surface area (Å²) in [5, 5.41) is 9.74. The van der Waals surface area contributed by atoms with Gasteiger partial charge in [0.2, 0.25) is 0 Å². The van der Waals surface area contributed by atoms with E-state index in [4.69, 9.17) is 33.2 Å². The quantitative estimate of drug-likeness (QED) is 0.831. The summed E-state index contributed by atoms with van der Waals surface area (Å²) in [6, 6.07) is 14.5. The first kappa shape index (κ1) is 12.8. The van der Waals surface area contributed by atoms with Crippen molar-refractivity contribution in [1.82, 2.24) is 0 Å². The van der Waals surface area contributed by atoms with Crippen molar-refractivity contribution in [3.63, 3.8) is 0 Å². The fourth-order valence-corrected chi connectivity index (χ4v) is 2.01. The topological polar surface area (TPSA) is 33.0 Å². The maximum absolute atomic E-state index is 8.80. The van der Waals surface area contributed by atoms with Crippen molar-refractivity contribution >= 4 is 23.2 Å². The van der Waals surface area contributed by atoms with E-state index in [1.54, 1.807) is 30.3 Å². The fraction of sp³-hybridized carbons (Fsp3) is 0.0714. The highest BCUT2D eigenvalue weighted by Crippen LogP contribution is 2.32. The number of para-hydroxylation sites is 1. The molecule has 2 aromatic carbocycles. The van der Waals surface area contributed by atoms with Crippen LogP contribution in [0.5, 0.6) is 5.75 Å². The Hall–Kier alpha value is -1.69. The minimum Gasteiger partial charge on any atom is -0.486 e. The molecule has 0 spiro atoms. The van der Waals surface area contributed by atoms with Crippen LogP contribution in [0.25, 0.3) is 0 Å². The summed E-state index contributed by atoms with van der Waals surface area (Å²) in [7, 11) is 0. The first-order valence-corrected chi connectivity index (χ1v) is 6.02. The van der Waals surface area contributed by atoms with Crippen LogP contribution in [-0.4, -0.2) is 0 Å². The van der Waals surface area contributed by atoms with E-state index in [1.807, 2.05) is 12.1 Å². The molecule has 0 atom stereocenters. The van der Waals surface area contributed by atoms with Crippen LogP contribution in [0.3, 0.4) is 0 Å². The molecule has 0 saturated carbocycles. The minimum absolute atomic E-state index is 0.318. The fourth-order valence-electron chi connectivity index (χ4n) is 1.51. The van der Waals surface area contributed by atoms with Crippen LogP contribution in [0.15, 0.2) is 42.5 Å². The Bertz CT molecular complexity index is 585. The SMILES string of the molecule is N#Cc1cccc(COc2c(Cl)cccc2Cl)c1. The average molecular weight is 278 g/mol. The Labute approximate surface area is 115 Å². The van der Waals surface area contributed by atoms with Crippen molar-refractivity contribution in [2.75, 3.05) is 0 Å². The lowest BCUT2D eigenvalue weighted by atomic mass is 10.1. The third-order valence-corrected chi connectivity index (χ3v) is 2.95. The van der Waals surface area contributed by atoms with Gasteiger partial charge < -0.3 is 4.74 Å². The number of benzene rings is 2. The predicted octanol–water partition coefficient (Wildman–Crippen LogP) is 4.44. The van der Waals surface area contributed by atoms with Crippen molar-refractivity contribution < 1.29 is 4.74 Å². The number of rotatable bonds is 3. The normalized spacial score (nSPS) is 9.83. The summed E-state index contributed by atoms with van der Waals surface area (Å²) in [6.45, 7) is 0.318. The standard InChI is InChI=1S/C14H9Cl2NO/c15-12-5-2-6-13(16)14(12)18-9-11-4-1-3-10(7-11)8-17/h1-7H,9H2. The average Bonchev–Trinajstić information content (AvgIpc) is 2.38. The first-order chi connectivity index (χ1) is 8.70. The maximum Gasteiger partial charge on any atom is 0.156 e. The van der Waals surface area contributed by atoms with Gasteiger partial charge >= 0.3 is 0 Å². The lowest BCUT2D eigenvalue weighted by Gasteiger charge is -2.09. The summed E-state index contributed by atoms with van der Waals surface area (Å²) in [4.78, 5) is 0. The highest BCUT2D eigenvalue weighted by molar-refractivity contribution is 6.37. The van der Waals surface area contributed by atoms with E-state index in [2.05, 4.69) is 6.07 Å². The van der Waals surface area contributed by atoms with Gasteiger partial charge in [-0.15, -0.1) is 0 Å². The molecule has 0 aromatic heterocycles. The van der Waals surface area contributed by atoms with Gasteiger partial charge in [0, 0.05) is 0 Å². The highest BCUT2D eigenvalue weighted by Gasteiger charge is 2.06. The molecule has 0 N–H and O–H groups in total. The molecule has 0 unspecified atom stereocenters. The van der Waals surface area contributed by atoms with Crippen LogP contribution < -0.4 is 4.74 Å². The van der Waals surface area contributed by atoms with E-state index in [9.17, 15) is 0 Å². The summed E-state index contributed by atoms with van der Waals surface area (Å²) in [6.07, 6.45) is 0. The highest BCUT2D eigenvalue weighted by atomic mass is 35.5. The molecule has 0 bridgehead atoms. The first-order valence-electron chi connectivity index (χ1n) is 5.26. The Kier molecular flexibility index (Phi) is 4.09. The molecule has 0 saturated heterocycles. The van der Waals surface area contributed by atoms with Crippen LogP contribution in [-0.2, 0) is 6.61 Å². The van der Waals surface area contributed by atoms with Gasteiger partial charge in [0.25, 0.3) is 0 Å². The molecular formula is C14H9Cl2NO. The van der Waals surface area contributed by atoms with Gasteiger partial charge in [-0.1, -0.05) is 41.4 Å². The number of hydrogen-bond acceptors (Lipinski definition) is 2. The zero-order valence-electron chi connectivity index (χ0n) is 9.36.